The maximum absolute atomic E-state index is 13.5. The van der Waals surface area contributed by atoms with Crippen molar-refractivity contribution in [3.63, 3.8) is 0 Å². The van der Waals surface area contributed by atoms with E-state index in [1.54, 1.807) is 37.1 Å². The van der Waals surface area contributed by atoms with Gasteiger partial charge >= 0.3 is 0 Å². The molecule has 2 amide bonds. The number of carbonyl (C=O) groups excluding carboxylic acids is 2. The van der Waals surface area contributed by atoms with E-state index >= 15 is 0 Å². The fraction of sp³-hybridized carbons (Fsp3) is 0.483. The number of fused-ring (bicyclic) bond motifs is 2. The summed E-state index contributed by atoms with van der Waals surface area (Å²) >= 11 is 0. The number of rotatable bonds is 6. The minimum Gasteiger partial charge on any atom is -0.493 e. The molecule has 0 unspecified atom stereocenters. The van der Waals surface area contributed by atoms with Crippen LogP contribution in [0.3, 0.4) is 0 Å². The molecule has 0 saturated carbocycles. The first-order valence-corrected chi connectivity index (χ1v) is 13.1. The molecule has 0 aromatic heterocycles. The molecule has 2 aromatic carbocycles. The molecule has 202 valence electrons. The molecular weight excluding hydrogens is 484 g/mol. The van der Waals surface area contributed by atoms with Crippen molar-refractivity contribution in [2.45, 2.75) is 63.3 Å². The number of hydrogen-bond acceptors (Lipinski definition) is 7. The van der Waals surface area contributed by atoms with Crippen LogP contribution in [-0.2, 0) is 16.0 Å². The van der Waals surface area contributed by atoms with Gasteiger partial charge in [0.25, 0.3) is 5.91 Å². The number of benzene rings is 2. The number of aliphatic imine (C=N–C) groups is 1. The highest BCUT2D eigenvalue weighted by atomic mass is 16.5. The molecule has 3 aliphatic rings. The Labute approximate surface area is 223 Å². The summed E-state index contributed by atoms with van der Waals surface area (Å²) in [6, 6.07) is 11.9. The standard InChI is InChI=1S/C29H36N4O5/c1-5-28(2)14-23(34)33(27(30)32-28)24-19(15-37-4)16-38-22-11-10-17(12-21(22)24)26(35)31-25-20-9-7-6-8-18(20)13-29(25,3)36/h6-12,19,24-25,36H,5,13-16H2,1-4H3,(H2,30,32)(H,31,35)/t19-,24+,25+,28+,29+/m0/s1. The smallest absolute Gasteiger partial charge is 0.251 e. The molecule has 5 atom stereocenters. The van der Waals surface area contributed by atoms with Gasteiger partial charge in [0.1, 0.15) is 5.75 Å². The number of amides is 2. The lowest BCUT2D eigenvalue weighted by atomic mass is 9.86. The third-order valence-corrected chi connectivity index (χ3v) is 8.15. The van der Waals surface area contributed by atoms with Gasteiger partial charge in [-0.15, -0.1) is 0 Å². The van der Waals surface area contributed by atoms with Crippen LogP contribution in [0, 0.1) is 5.92 Å². The number of carbonyl (C=O) groups is 2. The predicted molar refractivity (Wildman–Crippen MR) is 143 cm³/mol. The van der Waals surface area contributed by atoms with Crippen LogP contribution in [0.15, 0.2) is 47.5 Å². The highest BCUT2D eigenvalue weighted by Gasteiger charge is 2.45. The Bertz CT molecular complexity index is 1290. The third-order valence-electron chi connectivity index (χ3n) is 8.15. The van der Waals surface area contributed by atoms with Crippen molar-refractivity contribution in [1.82, 2.24) is 10.2 Å². The van der Waals surface area contributed by atoms with E-state index in [1.165, 1.54) is 0 Å². The number of ether oxygens (including phenoxy) is 2. The summed E-state index contributed by atoms with van der Waals surface area (Å²) in [4.78, 5) is 33.2. The monoisotopic (exact) mass is 520 g/mol. The molecule has 0 saturated heterocycles. The normalized spacial score (nSPS) is 30.2. The number of hydrogen-bond donors (Lipinski definition) is 3. The minimum atomic E-state index is -1.11. The van der Waals surface area contributed by atoms with Crippen molar-refractivity contribution < 1.29 is 24.2 Å². The van der Waals surface area contributed by atoms with Crippen LogP contribution in [0.1, 0.15) is 72.7 Å². The van der Waals surface area contributed by atoms with E-state index in [0.29, 0.717) is 42.9 Å². The Balaban J connectivity index is 1.50. The highest BCUT2D eigenvalue weighted by molar-refractivity contribution is 6.00. The molecule has 38 heavy (non-hydrogen) atoms. The van der Waals surface area contributed by atoms with Gasteiger partial charge in [-0.3, -0.25) is 14.5 Å². The van der Waals surface area contributed by atoms with Gasteiger partial charge in [0.15, 0.2) is 5.96 Å². The van der Waals surface area contributed by atoms with Gasteiger partial charge in [-0.2, -0.15) is 0 Å². The van der Waals surface area contributed by atoms with Gasteiger partial charge in [-0.25, -0.2) is 4.99 Å². The van der Waals surface area contributed by atoms with Crippen molar-refractivity contribution in [2.24, 2.45) is 16.6 Å². The zero-order valence-corrected chi connectivity index (χ0v) is 22.4. The molecule has 9 heteroatoms. The average Bonchev–Trinajstić information content (AvgIpc) is 3.13. The molecule has 2 aromatic rings. The van der Waals surface area contributed by atoms with Crippen LogP contribution in [0.5, 0.6) is 5.75 Å². The fourth-order valence-corrected chi connectivity index (χ4v) is 5.95. The second-order valence-electron chi connectivity index (χ2n) is 11.1. The van der Waals surface area contributed by atoms with Gasteiger partial charge in [0, 0.05) is 30.6 Å². The molecule has 4 N–H and O–H groups in total. The van der Waals surface area contributed by atoms with Crippen LogP contribution in [0.25, 0.3) is 0 Å². The highest BCUT2D eigenvalue weighted by Crippen LogP contribution is 2.43. The molecule has 0 spiro atoms. The number of aliphatic hydroxyl groups is 1. The topological polar surface area (TPSA) is 126 Å². The van der Waals surface area contributed by atoms with Crippen molar-refractivity contribution in [2.75, 3.05) is 20.3 Å². The van der Waals surface area contributed by atoms with Crippen LogP contribution in [0.2, 0.25) is 0 Å². The number of nitrogens with one attached hydrogen (secondary N) is 1. The van der Waals surface area contributed by atoms with E-state index in [0.717, 1.165) is 11.1 Å². The quantitative estimate of drug-likeness (QED) is 0.538. The van der Waals surface area contributed by atoms with Crippen LogP contribution in [0.4, 0.5) is 0 Å². The zero-order valence-electron chi connectivity index (χ0n) is 22.4. The fourth-order valence-electron chi connectivity index (χ4n) is 5.95. The van der Waals surface area contributed by atoms with E-state index in [1.807, 2.05) is 38.1 Å². The Morgan fingerprint density at radius 2 is 2.00 bits per heavy atom. The maximum Gasteiger partial charge on any atom is 0.251 e. The molecular formula is C29H36N4O5. The molecule has 9 nitrogen and oxygen atoms in total. The molecule has 0 fully saturated rings. The Morgan fingerprint density at radius 1 is 1.24 bits per heavy atom. The SMILES string of the molecule is CC[C@]1(C)CC(=O)N([C@H]2c3cc(C(=O)N[C@@H]4c5ccccc5C[C@@]4(C)O)ccc3OC[C@@H]2COC)C(N)=N1. The van der Waals surface area contributed by atoms with Crippen LogP contribution < -0.4 is 15.8 Å². The largest absolute Gasteiger partial charge is 0.493 e. The molecule has 0 radical (unpaired) electrons. The first kappa shape index (κ1) is 26.2. The van der Waals surface area contributed by atoms with Gasteiger partial charge < -0.3 is 25.6 Å². The predicted octanol–water partition coefficient (Wildman–Crippen LogP) is 2.88. The lowest BCUT2D eigenvalue weighted by molar-refractivity contribution is -0.133. The van der Waals surface area contributed by atoms with Crippen molar-refractivity contribution >= 4 is 17.8 Å². The summed E-state index contributed by atoms with van der Waals surface area (Å²) < 4.78 is 11.5. The van der Waals surface area contributed by atoms with E-state index in [4.69, 9.17) is 15.2 Å². The average molecular weight is 521 g/mol. The molecule has 0 bridgehead atoms. The lowest BCUT2D eigenvalue weighted by Gasteiger charge is -2.43. The van der Waals surface area contributed by atoms with Crippen molar-refractivity contribution in [3.8, 4) is 5.75 Å². The van der Waals surface area contributed by atoms with Gasteiger partial charge in [-0.05, 0) is 49.6 Å². The first-order chi connectivity index (χ1) is 18.1. The Hall–Kier alpha value is -3.43. The van der Waals surface area contributed by atoms with Crippen molar-refractivity contribution in [1.29, 1.82) is 0 Å². The number of methoxy groups -OCH3 is 1. The lowest BCUT2D eigenvalue weighted by Crippen LogP contribution is -2.55. The molecule has 5 rings (SSSR count). The Morgan fingerprint density at radius 3 is 2.71 bits per heavy atom. The van der Waals surface area contributed by atoms with Gasteiger partial charge in [-0.1, -0.05) is 31.2 Å². The molecule has 1 aliphatic carbocycles. The Kier molecular flexibility index (Phi) is 6.69. The van der Waals surface area contributed by atoms with Gasteiger partial charge in [0.05, 0.1) is 42.9 Å². The maximum atomic E-state index is 13.5. The summed E-state index contributed by atoms with van der Waals surface area (Å²) in [5.41, 5.74) is 7.76. The van der Waals surface area contributed by atoms with Crippen LogP contribution in [-0.4, -0.2) is 59.2 Å². The number of guanidine groups is 1. The summed E-state index contributed by atoms with van der Waals surface area (Å²) in [6.07, 6.45) is 1.39. The van der Waals surface area contributed by atoms with E-state index in [9.17, 15) is 14.7 Å². The first-order valence-electron chi connectivity index (χ1n) is 13.1. The van der Waals surface area contributed by atoms with Gasteiger partial charge in [0.2, 0.25) is 5.91 Å². The van der Waals surface area contributed by atoms with E-state index < -0.39 is 23.2 Å². The summed E-state index contributed by atoms with van der Waals surface area (Å²) in [5.74, 6) is 0.0957. The number of nitrogens with zero attached hydrogens (tertiary/aromatic N) is 2. The van der Waals surface area contributed by atoms with Crippen LogP contribution >= 0.6 is 0 Å². The second-order valence-corrected chi connectivity index (χ2v) is 11.1. The molecule has 2 heterocycles. The minimum absolute atomic E-state index is 0.116. The third kappa shape index (κ3) is 4.54. The van der Waals surface area contributed by atoms with E-state index in [2.05, 4.69) is 10.3 Å². The second kappa shape index (κ2) is 9.71. The van der Waals surface area contributed by atoms with E-state index in [-0.39, 0.29) is 30.1 Å². The van der Waals surface area contributed by atoms with Crippen molar-refractivity contribution in [3.05, 3.63) is 64.7 Å². The summed E-state index contributed by atoms with van der Waals surface area (Å²) in [5, 5.41) is 14.1. The zero-order chi connectivity index (χ0) is 27.2. The summed E-state index contributed by atoms with van der Waals surface area (Å²) in [6.45, 7) is 6.32. The molecule has 2 aliphatic heterocycles. The number of nitrogens with two attached hydrogens (primary N) is 1. The summed E-state index contributed by atoms with van der Waals surface area (Å²) in [7, 11) is 1.60.